The number of fused-ring (bicyclic) bond motifs is 12. The maximum atomic E-state index is 2.55. The zero-order chi connectivity index (χ0) is 10.4. The second kappa shape index (κ2) is 2.70. The molecule has 88 valence electrons. The van der Waals surface area contributed by atoms with Gasteiger partial charge in [0.2, 0.25) is 0 Å². The third kappa shape index (κ3) is 0.811. The Morgan fingerprint density at radius 3 is 2.25 bits per heavy atom. The van der Waals surface area contributed by atoms with Gasteiger partial charge in [-0.15, -0.1) is 0 Å². The highest BCUT2D eigenvalue weighted by molar-refractivity contribution is 5.15. The lowest BCUT2D eigenvalue weighted by Crippen LogP contribution is -2.38. The Bertz CT molecular complexity index is 333. The standard InChI is InChI=1S/C16H24/c1-8-5-9-6-12(8)16-14-7-13(15(9)16)10-3-2-4-11(10)14/h8-16H,2-7H2,1H3. The van der Waals surface area contributed by atoms with Gasteiger partial charge in [0, 0.05) is 0 Å². The highest BCUT2D eigenvalue weighted by atomic mass is 14.7. The molecule has 5 saturated carbocycles. The molecule has 4 bridgehead atoms. The van der Waals surface area contributed by atoms with E-state index in [1.165, 1.54) is 47.3 Å². The normalized spacial score (nSPS) is 69.9. The van der Waals surface area contributed by atoms with Crippen molar-refractivity contribution in [2.24, 2.45) is 53.3 Å². The highest BCUT2D eigenvalue weighted by Crippen LogP contribution is 2.73. The number of hydrogen-bond donors (Lipinski definition) is 0. The molecule has 5 aliphatic rings. The molecule has 16 heavy (non-hydrogen) atoms. The van der Waals surface area contributed by atoms with Gasteiger partial charge in [-0.05, 0) is 85.4 Å². The lowest BCUT2D eigenvalue weighted by atomic mass is 9.62. The van der Waals surface area contributed by atoms with Crippen molar-refractivity contribution in [1.82, 2.24) is 0 Å². The molecule has 0 N–H and O–H groups in total. The zero-order valence-corrected chi connectivity index (χ0v) is 10.4. The largest absolute Gasteiger partial charge is 0.0622 e. The minimum absolute atomic E-state index is 1.09. The Hall–Kier alpha value is 0. The van der Waals surface area contributed by atoms with Crippen molar-refractivity contribution in [2.45, 2.75) is 45.4 Å². The molecule has 0 spiro atoms. The summed E-state index contributed by atoms with van der Waals surface area (Å²) in [4.78, 5) is 0. The molecule has 0 aliphatic heterocycles. The molecule has 0 amide bonds. The molecular weight excluding hydrogens is 192 g/mol. The Balaban J connectivity index is 1.57. The molecule has 0 aromatic carbocycles. The van der Waals surface area contributed by atoms with Gasteiger partial charge in [-0.3, -0.25) is 0 Å². The topological polar surface area (TPSA) is 0 Å². The van der Waals surface area contributed by atoms with Gasteiger partial charge in [0.05, 0.1) is 0 Å². The van der Waals surface area contributed by atoms with E-state index in [9.17, 15) is 0 Å². The van der Waals surface area contributed by atoms with E-state index in [4.69, 9.17) is 0 Å². The average molecular weight is 216 g/mol. The summed E-state index contributed by atoms with van der Waals surface area (Å²) in [7, 11) is 0. The molecule has 0 heteroatoms. The molecule has 0 radical (unpaired) electrons. The summed E-state index contributed by atoms with van der Waals surface area (Å²) >= 11 is 0. The van der Waals surface area contributed by atoms with E-state index in [-0.39, 0.29) is 0 Å². The van der Waals surface area contributed by atoms with Gasteiger partial charge in [-0.25, -0.2) is 0 Å². The van der Waals surface area contributed by atoms with Gasteiger partial charge in [0.25, 0.3) is 0 Å². The second-order valence-electron chi connectivity index (χ2n) is 7.85. The smallest absolute Gasteiger partial charge is 0.0318 e. The Labute approximate surface area is 99.2 Å². The summed E-state index contributed by atoms with van der Waals surface area (Å²) in [6, 6.07) is 0. The van der Waals surface area contributed by atoms with Crippen LogP contribution in [0.5, 0.6) is 0 Å². The van der Waals surface area contributed by atoms with Crippen LogP contribution < -0.4 is 0 Å². The summed E-state index contributed by atoms with van der Waals surface area (Å²) in [5, 5.41) is 0. The Kier molecular flexibility index (Phi) is 1.52. The van der Waals surface area contributed by atoms with Gasteiger partial charge in [0.1, 0.15) is 0 Å². The number of hydrogen-bond acceptors (Lipinski definition) is 0. The van der Waals surface area contributed by atoms with E-state index in [0.29, 0.717) is 0 Å². The van der Waals surface area contributed by atoms with E-state index in [1.54, 1.807) is 38.5 Å². The van der Waals surface area contributed by atoms with Crippen LogP contribution in [0.2, 0.25) is 0 Å². The fraction of sp³-hybridized carbons (Fsp3) is 1.00. The first-order valence-corrected chi connectivity index (χ1v) is 7.84. The molecule has 0 saturated heterocycles. The predicted molar refractivity (Wildman–Crippen MR) is 64.8 cm³/mol. The molecule has 0 aromatic rings. The summed E-state index contributed by atoms with van der Waals surface area (Å²) in [5.74, 6) is 10.7. The lowest BCUT2D eigenvalue weighted by molar-refractivity contribution is 0.0508. The number of rotatable bonds is 0. The molecule has 9 unspecified atom stereocenters. The van der Waals surface area contributed by atoms with Crippen LogP contribution in [0.15, 0.2) is 0 Å². The van der Waals surface area contributed by atoms with Crippen LogP contribution in [0, 0.1) is 53.3 Å². The molecular formula is C16H24. The molecule has 5 fully saturated rings. The van der Waals surface area contributed by atoms with E-state index in [0.717, 1.165) is 5.92 Å². The van der Waals surface area contributed by atoms with Gasteiger partial charge < -0.3 is 0 Å². The quantitative estimate of drug-likeness (QED) is 0.538. The predicted octanol–water partition coefficient (Wildman–Crippen LogP) is 3.96. The monoisotopic (exact) mass is 216 g/mol. The molecule has 0 heterocycles. The molecule has 0 nitrogen and oxygen atoms in total. The molecule has 5 aliphatic carbocycles. The van der Waals surface area contributed by atoms with Crippen molar-refractivity contribution in [1.29, 1.82) is 0 Å². The van der Waals surface area contributed by atoms with Gasteiger partial charge in [0.15, 0.2) is 0 Å². The average Bonchev–Trinajstić information content (AvgIpc) is 2.99. The van der Waals surface area contributed by atoms with Crippen LogP contribution in [0.4, 0.5) is 0 Å². The Morgan fingerprint density at radius 2 is 1.44 bits per heavy atom. The van der Waals surface area contributed by atoms with Crippen LogP contribution in [0.3, 0.4) is 0 Å². The summed E-state index contributed by atoms with van der Waals surface area (Å²) < 4.78 is 0. The van der Waals surface area contributed by atoms with Crippen LogP contribution in [-0.4, -0.2) is 0 Å². The van der Waals surface area contributed by atoms with Crippen molar-refractivity contribution in [3.63, 3.8) is 0 Å². The van der Waals surface area contributed by atoms with Gasteiger partial charge in [-0.1, -0.05) is 13.3 Å². The summed E-state index contributed by atoms with van der Waals surface area (Å²) in [5.41, 5.74) is 0. The van der Waals surface area contributed by atoms with Crippen molar-refractivity contribution >= 4 is 0 Å². The van der Waals surface area contributed by atoms with E-state index in [2.05, 4.69) is 6.92 Å². The molecule has 5 rings (SSSR count). The SMILES string of the molecule is CC1CC2CC1C1C3CC(C4CCCC43)C21. The van der Waals surface area contributed by atoms with E-state index >= 15 is 0 Å². The van der Waals surface area contributed by atoms with Crippen molar-refractivity contribution in [2.75, 3.05) is 0 Å². The van der Waals surface area contributed by atoms with Crippen molar-refractivity contribution in [3.05, 3.63) is 0 Å². The third-order valence-corrected chi connectivity index (χ3v) is 7.72. The minimum Gasteiger partial charge on any atom is -0.0622 e. The fourth-order valence-corrected chi connectivity index (χ4v) is 7.65. The summed E-state index contributed by atoms with van der Waals surface area (Å²) in [6.45, 7) is 2.55. The lowest BCUT2D eigenvalue weighted by Gasteiger charge is -2.42. The van der Waals surface area contributed by atoms with Crippen LogP contribution in [-0.2, 0) is 0 Å². The first-order chi connectivity index (χ1) is 7.84. The van der Waals surface area contributed by atoms with Gasteiger partial charge in [-0.2, -0.15) is 0 Å². The van der Waals surface area contributed by atoms with Crippen molar-refractivity contribution in [3.8, 4) is 0 Å². The molecule has 0 aromatic heterocycles. The van der Waals surface area contributed by atoms with Crippen LogP contribution in [0.1, 0.15) is 45.4 Å². The van der Waals surface area contributed by atoms with E-state index in [1.807, 2.05) is 0 Å². The zero-order valence-electron chi connectivity index (χ0n) is 10.4. The third-order valence-electron chi connectivity index (χ3n) is 7.72. The van der Waals surface area contributed by atoms with Crippen LogP contribution >= 0.6 is 0 Å². The molecule has 9 atom stereocenters. The highest BCUT2D eigenvalue weighted by Gasteiger charge is 2.66. The first-order valence-electron chi connectivity index (χ1n) is 7.84. The van der Waals surface area contributed by atoms with Crippen LogP contribution in [0.25, 0.3) is 0 Å². The second-order valence-corrected chi connectivity index (χ2v) is 7.85. The first kappa shape index (κ1) is 9.00. The Morgan fingerprint density at radius 1 is 0.688 bits per heavy atom. The van der Waals surface area contributed by atoms with Gasteiger partial charge >= 0.3 is 0 Å². The van der Waals surface area contributed by atoms with Crippen molar-refractivity contribution < 1.29 is 0 Å². The maximum absolute atomic E-state index is 2.55. The maximum Gasteiger partial charge on any atom is -0.0318 e. The summed E-state index contributed by atoms with van der Waals surface area (Å²) in [6.07, 6.45) is 9.72. The minimum atomic E-state index is 1.09. The van der Waals surface area contributed by atoms with E-state index < -0.39 is 0 Å². The fourth-order valence-electron chi connectivity index (χ4n) is 7.65.